The molecule has 1 aromatic carbocycles. The molecule has 1 aromatic rings. The molecular weight excluding hydrogens is 262 g/mol. The van der Waals surface area contributed by atoms with Crippen LogP contribution in [0, 0.1) is 0 Å². The molecule has 0 aromatic heterocycles. The minimum atomic E-state index is -0.179. The second kappa shape index (κ2) is 9.06. The molecule has 1 atom stereocenters. The monoisotopic (exact) mass is 293 g/mol. The van der Waals surface area contributed by atoms with Crippen LogP contribution in [-0.4, -0.2) is 29.9 Å². The highest BCUT2D eigenvalue weighted by atomic mass is 16.5. The van der Waals surface area contributed by atoms with Crippen molar-refractivity contribution < 1.29 is 9.84 Å². The summed E-state index contributed by atoms with van der Waals surface area (Å²) in [6.45, 7) is 9.37. The Bertz CT molecular complexity index is 400. The van der Waals surface area contributed by atoms with Gasteiger partial charge in [-0.2, -0.15) is 0 Å². The van der Waals surface area contributed by atoms with Gasteiger partial charge in [0.25, 0.3) is 0 Å². The summed E-state index contributed by atoms with van der Waals surface area (Å²) in [6, 6.07) is 8.58. The molecule has 1 unspecified atom stereocenters. The Kier molecular flexibility index (Phi) is 7.76. The van der Waals surface area contributed by atoms with Crippen LogP contribution in [-0.2, 0) is 6.42 Å². The molecule has 0 fully saturated rings. The molecule has 0 amide bonds. The van der Waals surface area contributed by atoms with Crippen molar-refractivity contribution in [1.82, 2.24) is 5.32 Å². The van der Waals surface area contributed by atoms with Gasteiger partial charge in [-0.25, -0.2) is 0 Å². The first-order chi connectivity index (χ1) is 10.1. The van der Waals surface area contributed by atoms with E-state index in [1.54, 1.807) is 0 Å². The van der Waals surface area contributed by atoms with Crippen LogP contribution < -0.4 is 10.1 Å². The topological polar surface area (TPSA) is 41.5 Å². The molecular formula is C18H31NO2. The minimum absolute atomic E-state index is 0.174. The Morgan fingerprint density at radius 2 is 1.95 bits per heavy atom. The number of hydrogen-bond acceptors (Lipinski definition) is 3. The summed E-state index contributed by atoms with van der Waals surface area (Å²) in [5.74, 6) is 0.989. The smallest absolute Gasteiger partial charge is 0.122 e. The lowest BCUT2D eigenvalue weighted by Crippen LogP contribution is -2.51. The number of hydrogen-bond donors (Lipinski definition) is 2. The molecule has 0 bridgehead atoms. The van der Waals surface area contributed by atoms with Crippen LogP contribution in [0.5, 0.6) is 5.75 Å². The van der Waals surface area contributed by atoms with Crippen molar-refractivity contribution in [3.8, 4) is 5.75 Å². The molecule has 2 N–H and O–H groups in total. The standard InChI is InChI=1S/C18H31NO2/c1-5-16-10-7-8-11-17(16)21-13-9-12-18(6-2,14-20)19-15(3)4/h7-8,10-11,15,19-20H,5-6,9,12-14H2,1-4H3. The largest absolute Gasteiger partial charge is 0.493 e. The quantitative estimate of drug-likeness (QED) is 0.648. The van der Waals surface area contributed by atoms with Crippen LogP contribution in [0.25, 0.3) is 0 Å². The molecule has 0 spiro atoms. The highest BCUT2D eigenvalue weighted by Crippen LogP contribution is 2.21. The molecule has 0 saturated carbocycles. The number of aryl methyl sites for hydroxylation is 1. The van der Waals surface area contributed by atoms with E-state index in [0.717, 1.165) is 31.4 Å². The summed E-state index contributed by atoms with van der Waals surface area (Å²) in [4.78, 5) is 0. The number of aliphatic hydroxyl groups is 1. The highest BCUT2D eigenvalue weighted by molar-refractivity contribution is 5.33. The van der Waals surface area contributed by atoms with Crippen molar-refractivity contribution in [3.63, 3.8) is 0 Å². The number of nitrogens with one attached hydrogen (secondary N) is 1. The Morgan fingerprint density at radius 1 is 1.24 bits per heavy atom. The molecule has 3 nitrogen and oxygen atoms in total. The zero-order valence-electron chi connectivity index (χ0n) is 14.0. The molecule has 0 saturated heterocycles. The van der Waals surface area contributed by atoms with E-state index in [4.69, 9.17) is 4.74 Å². The van der Waals surface area contributed by atoms with Gasteiger partial charge in [-0.1, -0.05) is 45.9 Å². The fraction of sp³-hybridized carbons (Fsp3) is 0.667. The molecule has 0 radical (unpaired) electrons. The summed E-state index contributed by atoms with van der Waals surface area (Å²) in [5, 5.41) is 13.2. The average Bonchev–Trinajstić information content (AvgIpc) is 2.50. The van der Waals surface area contributed by atoms with Crippen LogP contribution in [0.3, 0.4) is 0 Å². The van der Waals surface area contributed by atoms with Gasteiger partial charge in [-0.05, 0) is 37.3 Å². The lowest BCUT2D eigenvalue weighted by molar-refractivity contribution is 0.129. The van der Waals surface area contributed by atoms with Crippen LogP contribution in [0.2, 0.25) is 0 Å². The molecule has 0 aliphatic heterocycles. The van der Waals surface area contributed by atoms with Gasteiger partial charge in [0.2, 0.25) is 0 Å². The molecule has 0 heterocycles. The van der Waals surface area contributed by atoms with Gasteiger partial charge in [-0.15, -0.1) is 0 Å². The predicted octanol–water partition coefficient (Wildman–Crippen LogP) is 3.55. The van der Waals surface area contributed by atoms with E-state index >= 15 is 0 Å². The van der Waals surface area contributed by atoms with E-state index in [1.807, 2.05) is 18.2 Å². The van der Waals surface area contributed by atoms with Crippen molar-refractivity contribution >= 4 is 0 Å². The van der Waals surface area contributed by atoms with Crippen molar-refractivity contribution in [3.05, 3.63) is 29.8 Å². The third-order valence-electron chi connectivity index (χ3n) is 3.99. The van der Waals surface area contributed by atoms with Crippen molar-refractivity contribution in [2.24, 2.45) is 0 Å². The minimum Gasteiger partial charge on any atom is -0.493 e. The Morgan fingerprint density at radius 3 is 2.52 bits per heavy atom. The van der Waals surface area contributed by atoms with Crippen LogP contribution in [0.15, 0.2) is 24.3 Å². The number of para-hydroxylation sites is 1. The molecule has 1 rings (SSSR count). The Labute approximate surface area is 129 Å². The number of rotatable bonds is 10. The normalized spacial score (nSPS) is 14.2. The lowest BCUT2D eigenvalue weighted by atomic mass is 9.90. The summed E-state index contributed by atoms with van der Waals surface area (Å²) >= 11 is 0. The van der Waals surface area contributed by atoms with Crippen molar-refractivity contribution in [2.45, 2.75) is 65.0 Å². The Hall–Kier alpha value is -1.06. The fourth-order valence-corrected chi connectivity index (χ4v) is 2.73. The Balaban J connectivity index is 2.47. The number of ether oxygens (including phenoxy) is 1. The van der Waals surface area contributed by atoms with Gasteiger partial charge >= 0.3 is 0 Å². The highest BCUT2D eigenvalue weighted by Gasteiger charge is 2.27. The van der Waals surface area contributed by atoms with Crippen LogP contribution in [0.1, 0.15) is 52.5 Å². The predicted molar refractivity (Wildman–Crippen MR) is 88.9 cm³/mol. The summed E-state index contributed by atoms with van der Waals surface area (Å²) in [7, 11) is 0. The van der Waals surface area contributed by atoms with E-state index in [-0.39, 0.29) is 12.1 Å². The first-order valence-corrected chi connectivity index (χ1v) is 8.16. The van der Waals surface area contributed by atoms with Gasteiger partial charge in [-0.3, -0.25) is 0 Å². The van der Waals surface area contributed by atoms with E-state index in [2.05, 4.69) is 39.1 Å². The molecule has 0 aliphatic rings. The zero-order chi connectivity index (χ0) is 15.7. The fourth-order valence-electron chi connectivity index (χ4n) is 2.73. The van der Waals surface area contributed by atoms with Gasteiger partial charge in [0.05, 0.1) is 13.2 Å². The maximum atomic E-state index is 9.72. The maximum Gasteiger partial charge on any atom is 0.122 e. The van der Waals surface area contributed by atoms with Gasteiger partial charge in [0.15, 0.2) is 0 Å². The molecule has 120 valence electrons. The third-order valence-corrected chi connectivity index (χ3v) is 3.99. The lowest BCUT2D eigenvalue weighted by Gasteiger charge is -2.34. The zero-order valence-corrected chi connectivity index (χ0v) is 14.0. The summed E-state index contributed by atoms with van der Waals surface area (Å²) in [5.41, 5.74) is 1.07. The first kappa shape index (κ1) is 18.0. The van der Waals surface area contributed by atoms with Crippen molar-refractivity contribution in [2.75, 3.05) is 13.2 Å². The maximum absolute atomic E-state index is 9.72. The molecule has 3 heteroatoms. The van der Waals surface area contributed by atoms with Crippen LogP contribution in [0.4, 0.5) is 0 Å². The van der Waals surface area contributed by atoms with Crippen LogP contribution >= 0.6 is 0 Å². The second-order valence-corrected chi connectivity index (χ2v) is 6.00. The van der Waals surface area contributed by atoms with E-state index in [1.165, 1.54) is 5.56 Å². The number of benzene rings is 1. The van der Waals surface area contributed by atoms with E-state index in [9.17, 15) is 5.11 Å². The third kappa shape index (κ3) is 5.68. The second-order valence-electron chi connectivity index (χ2n) is 6.00. The summed E-state index contributed by atoms with van der Waals surface area (Å²) < 4.78 is 5.91. The summed E-state index contributed by atoms with van der Waals surface area (Å²) in [6.07, 6.45) is 3.77. The van der Waals surface area contributed by atoms with Gasteiger partial charge in [0.1, 0.15) is 5.75 Å². The van der Waals surface area contributed by atoms with E-state index < -0.39 is 0 Å². The van der Waals surface area contributed by atoms with Gasteiger partial charge < -0.3 is 15.2 Å². The molecule has 0 aliphatic carbocycles. The molecule has 21 heavy (non-hydrogen) atoms. The van der Waals surface area contributed by atoms with Crippen molar-refractivity contribution in [1.29, 1.82) is 0 Å². The first-order valence-electron chi connectivity index (χ1n) is 8.16. The average molecular weight is 293 g/mol. The number of aliphatic hydroxyl groups excluding tert-OH is 1. The SMILES string of the molecule is CCc1ccccc1OCCCC(CC)(CO)NC(C)C. The van der Waals surface area contributed by atoms with E-state index in [0.29, 0.717) is 12.6 Å². The van der Waals surface area contributed by atoms with Gasteiger partial charge in [0, 0.05) is 11.6 Å².